The van der Waals surface area contributed by atoms with Gasteiger partial charge in [-0.3, -0.25) is 4.98 Å². The van der Waals surface area contributed by atoms with E-state index < -0.39 is 17.8 Å². The minimum Gasteiger partial charge on any atom is -0.393 e. The molecule has 5 heteroatoms. The topological polar surface area (TPSA) is 33.1 Å². The molecule has 1 unspecified atom stereocenters. The van der Waals surface area contributed by atoms with Crippen molar-refractivity contribution in [3.05, 3.63) is 29.6 Å². The quantitative estimate of drug-likeness (QED) is 0.846. The van der Waals surface area contributed by atoms with Crippen LogP contribution in [0.1, 0.15) is 24.5 Å². The molecule has 0 spiro atoms. The van der Waals surface area contributed by atoms with E-state index in [1.54, 1.807) is 6.92 Å². The molecule has 0 aliphatic heterocycles. The van der Waals surface area contributed by atoms with E-state index in [9.17, 15) is 13.2 Å². The number of hydrogen-bond donors (Lipinski definition) is 1. The van der Waals surface area contributed by atoms with E-state index in [1.807, 2.05) is 0 Å². The molecule has 1 aromatic rings. The van der Waals surface area contributed by atoms with Crippen LogP contribution in [0, 0.1) is 0 Å². The fourth-order valence-electron chi connectivity index (χ4n) is 1.27. The Morgan fingerprint density at radius 3 is 2.67 bits per heavy atom. The summed E-state index contributed by atoms with van der Waals surface area (Å²) in [4.78, 5) is 3.66. The van der Waals surface area contributed by atoms with E-state index in [2.05, 4.69) is 4.98 Å². The van der Waals surface area contributed by atoms with Gasteiger partial charge in [-0.1, -0.05) is 0 Å². The average molecular weight is 219 g/mol. The fourth-order valence-corrected chi connectivity index (χ4v) is 1.27. The molecule has 0 saturated carbocycles. The first-order chi connectivity index (χ1) is 6.91. The predicted octanol–water partition coefficient (Wildman–Crippen LogP) is 2.41. The second-order valence-electron chi connectivity index (χ2n) is 3.42. The van der Waals surface area contributed by atoms with E-state index in [1.165, 1.54) is 6.20 Å². The molecule has 0 bridgehead atoms. The number of halogens is 3. The van der Waals surface area contributed by atoms with Gasteiger partial charge >= 0.3 is 6.18 Å². The van der Waals surface area contributed by atoms with Crippen LogP contribution >= 0.6 is 0 Å². The molecule has 1 aromatic heterocycles. The van der Waals surface area contributed by atoms with Gasteiger partial charge in [-0.15, -0.1) is 0 Å². The lowest BCUT2D eigenvalue weighted by Gasteiger charge is -2.12. The highest BCUT2D eigenvalue weighted by Gasteiger charge is 2.32. The van der Waals surface area contributed by atoms with Crippen molar-refractivity contribution in [3.63, 3.8) is 0 Å². The number of hydrogen-bond acceptors (Lipinski definition) is 2. The molecule has 0 radical (unpaired) electrons. The van der Waals surface area contributed by atoms with Gasteiger partial charge in [0.15, 0.2) is 0 Å². The largest absolute Gasteiger partial charge is 0.416 e. The smallest absolute Gasteiger partial charge is 0.393 e. The van der Waals surface area contributed by atoms with Gasteiger partial charge in [0, 0.05) is 12.4 Å². The van der Waals surface area contributed by atoms with Crippen LogP contribution in [0.25, 0.3) is 0 Å². The zero-order chi connectivity index (χ0) is 11.5. The fraction of sp³-hybridized carbons (Fsp3) is 0.500. The second-order valence-corrected chi connectivity index (χ2v) is 3.42. The van der Waals surface area contributed by atoms with Crippen LogP contribution in [0.15, 0.2) is 18.5 Å². The molecule has 0 aromatic carbocycles. The monoisotopic (exact) mass is 219 g/mol. The molecule has 84 valence electrons. The zero-order valence-corrected chi connectivity index (χ0v) is 8.25. The zero-order valence-electron chi connectivity index (χ0n) is 8.25. The Balaban J connectivity index is 2.87. The van der Waals surface area contributed by atoms with Crippen molar-refractivity contribution in [1.29, 1.82) is 0 Å². The number of aromatic nitrogens is 1. The maximum Gasteiger partial charge on any atom is 0.416 e. The van der Waals surface area contributed by atoms with Gasteiger partial charge < -0.3 is 5.11 Å². The number of nitrogens with zero attached hydrogens (tertiary/aromatic N) is 1. The first-order valence-electron chi connectivity index (χ1n) is 4.59. The van der Waals surface area contributed by atoms with Crippen molar-refractivity contribution in [2.24, 2.45) is 0 Å². The third-order valence-electron chi connectivity index (χ3n) is 2.04. The highest BCUT2D eigenvalue weighted by Crippen LogP contribution is 2.31. The Labute approximate surface area is 85.8 Å². The molecule has 15 heavy (non-hydrogen) atoms. The summed E-state index contributed by atoms with van der Waals surface area (Å²) in [6.45, 7) is 1.55. The van der Waals surface area contributed by atoms with Crippen LogP contribution in [-0.2, 0) is 12.6 Å². The maximum atomic E-state index is 12.5. The number of aliphatic hydroxyl groups is 1. The summed E-state index contributed by atoms with van der Waals surface area (Å²) in [5.41, 5.74) is -0.538. The van der Waals surface area contributed by atoms with E-state index in [-0.39, 0.29) is 12.0 Å². The van der Waals surface area contributed by atoms with Crippen molar-refractivity contribution in [3.8, 4) is 0 Å². The molecule has 0 fully saturated rings. The second kappa shape index (κ2) is 4.61. The van der Waals surface area contributed by atoms with Gasteiger partial charge in [0.2, 0.25) is 0 Å². The average Bonchev–Trinajstić information content (AvgIpc) is 2.13. The Kier molecular flexibility index (Phi) is 3.68. The van der Waals surface area contributed by atoms with E-state index in [4.69, 9.17) is 5.11 Å². The molecule has 0 aliphatic rings. The lowest BCUT2D eigenvalue weighted by atomic mass is 10.0. The Morgan fingerprint density at radius 1 is 1.47 bits per heavy atom. The molecule has 0 saturated heterocycles. The van der Waals surface area contributed by atoms with Crippen LogP contribution < -0.4 is 0 Å². The Morgan fingerprint density at radius 2 is 2.13 bits per heavy atom. The van der Waals surface area contributed by atoms with E-state index >= 15 is 0 Å². The molecule has 0 aliphatic carbocycles. The Bertz CT molecular complexity index is 323. The third-order valence-corrected chi connectivity index (χ3v) is 2.04. The summed E-state index contributed by atoms with van der Waals surface area (Å²) in [5.74, 6) is 0. The van der Waals surface area contributed by atoms with Gasteiger partial charge in [-0.05, 0) is 31.4 Å². The summed E-state index contributed by atoms with van der Waals surface area (Å²) >= 11 is 0. The van der Waals surface area contributed by atoms with Crippen molar-refractivity contribution < 1.29 is 18.3 Å². The number of aliphatic hydroxyl groups excluding tert-OH is 1. The highest BCUT2D eigenvalue weighted by molar-refractivity contribution is 5.26. The molecular weight excluding hydrogens is 207 g/mol. The van der Waals surface area contributed by atoms with Crippen LogP contribution in [-0.4, -0.2) is 16.2 Å². The van der Waals surface area contributed by atoms with E-state index in [0.29, 0.717) is 6.42 Å². The molecule has 1 atom stereocenters. The molecule has 1 heterocycles. The minimum atomic E-state index is -4.35. The summed E-state index contributed by atoms with van der Waals surface area (Å²) < 4.78 is 37.4. The maximum absolute atomic E-state index is 12.5. The summed E-state index contributed by atoms with van der Waals surface area (Å²) in [6.07, 6.45) is -2.15. The minimum absolute atomic E-state index is 0.130. The molecular formula is C10H12F3NO. The normalized spacial score (nSPS) is 13.9. The predicted molar refractivity (Wildman–Crippen MR) is 49.2 cm³/mol. The van der Waals surface area contributed by atoms with Gasteiger partial charge in [-0.25, -0.2) is 0 Å². The molecule has 2 nitrogen and oxygen atoms in total. The third kappa shape index (κ3) is 3.51. The molecule has 1 rings (SSSR count). The SMILES string of the molecule is CC(O)CCc1cnccc1C(F)(F)F. The lowest BCUT2D eigenvalue weighted by Crippen LogP contribution is -2.11. The van der Waals surface area contributed by atoms with Crippen molar-refractivity contribution in [1.82, 2.24) is 4.98 Å². The number of pyridine rings is 1. The summed E-state index contributed by atoms with van der Waals surface area (Å²) in [5, 5.41) is 9.01. The first kappa shape index (κ1) is 12.0. The van der Waals surface area contributed by atoms with Crippen LogP contribution in [0.4, 0.5) is 13.2 Å². The molecule has 1 N–H and O–H groups in total. The number of alkyl halides is 3. The van der Waals surface area contributed by atoms with Crippen LogP contribution in [0.2, 0.25) is 0 Å². The highest BCUT2D eigenvalue weighted by atomic mass is 19.4. The van der Waals surface area contributed by atoms with Gasteiger partial charge in [0.25, 0.3) is 0 Å². The Hall–Kier alpha value is -1.10. The number of rotatable bonds is 3. The standard InChI is InChI=1S/C10H12F3NO/c1-7(15)2-3-8-6-14-5-4-9(8)10(11,12)13/h4-7,15H,2-3H2,1H3. The van der Waals surface area contributed by atoms with Gasteiger partial charge in [0.1, 0.15) is 0 Å². The summed E-state index contributed by atoms with van der Waals surface area (Å²) in [6, 6.07) is 0.956. The van der Waals surface area contributed by atoms with Crippen molar-refractivity contribution in [2.75, 3.05) is 0 Å². The first-order valence-corrected chi connectivity index (χ1v) is 4.59. The molecule has 0 amide bonds. The lowest BCUT2D eigenvalue weighted by molar-refractivity contribution is -0.138. The van der Waals surface area contributed by atoms with Crippen molar-refractivity contribution in [2.45, 2.75) is 32.0 Å². The summed E-state index contributed by atoms with van der Waals surface area (Å²) in [7, 11) is 0. The van der Waals surface area contributed by atoms with Gasteiger partial charge in [-0.2, -0.15) is 13.2 Å². The number of aryl methyl sites for hydroxylation is 1. The van der Waals surface area contributed by atoms with Gasteiger partial charge in [0.05, 0.1) is 11.7 Å². The van der Waals surface area contributed by atoms with Crippen LogP contribution in [0.5, 0.6) is 0 Å². The van der Waals surface area contributed by atoms with Crippen LogP contribution in [0.3, 0.4) is 0 Å². The van der Waals surface area contributed by atoms with Crippen molar-refractivity contribution >= 4 is 0 Å². The van der Waals surface area contributed by atoms with E-state index in [0.717, 1.165) is 12.3 Å².